The van der Waals surface area contributed by atoms with Crippen molar-refractivity contribution >= 4 is 221 Å². The molecule has 0 saturated carbocycles. The van der Waals surface area contributed by atoms with Gasteiger partial charge in [-0.1, -0.05) is 92.8 Å². The number of nitrogens with two attached hydrogens (primary N) is 1. The molecule has 14 aromatic rings. The number of benzene rings is 6. The molecule has 9 heterocycles. The highest BCUT2D eigenvalue weighted by Crippen LogP contribution is 2.37. The minimum atomic E-state index is -0.668. The number of hydrogen-bond acceptors (Lipinski definition) is 33. The molecule has 0 spiro atoms. The molecule has 15 N–H and O–H groups in total. The molecule has 1 saturated heterocycles. The quantitative estimate of drug-likeness (QED) is 0.0207. The zero-order valence-electron chi connectivity index (χ0n) is 80.0. The van der Waals surface area contributed by atoms with E-state index in [0.717, 1.165) is 32.6 Å². The van der Waals surface area contributed by atoms with Crippen LogP contribution in [-0.4, -0.2) is 234 Å². The minimum absolute atomic E-state index is 0.147. The summed E-state index contributed by atoms with van der Waals surface area (Å²) < 4.78 is 36.6. The fourth-order valence-electron chi connectivity index (χ4n) is 12.1. The Labute approximate surface area is 891 Å². The van der Waals surface area contributed by atoms with Gasteiger partial charge in [0.1, 0.15) is 72.1 Å². The third kappa shape index (κ3) is 40.6. The van der Waals surface area contributed by atoms with Crippen molar-refractivity contribution in [3.8, 4) is 40.4 Å². The second-order valence-electron chi connectivity index (χ2n) is 29.4. The van der Waals surface area contributed by atoms with E-state index >= 15 is 0 Å². The average molecular weight is 2200 g/mol. The molecule has 149 heavy (non-hydrogen) atoms. The molecule has 0 unspecified atom stereocenters. The molecule has 48 nitrogen and oxygen atoms in total. The lowest BCUT2D eigenvalue weighted by atomic mass is 10.2. The Kier molecular flexibility index (Phi) is 48.2. The lowest BCUT2D eigenvalue weighted by Gasteiger charge is -2.26. The smallest absolute Gasteiger partial charge is 0.326 e. The highest BCUT2D eigenvalue weighted by Gasteiger charge is 2.24. The summed E-state index contributed by atoms with van der Waals surface area (Å²) in [5, 5.41) is 59.2. The van der Waals surface area contributed by atoms with Crippen molar-refractivity contribution < 1.29 is 71.5 Å². The monoisotopic (exact) mass is 2190 g/mol. The lowest BCUT2D eigenvalue weighted by Crippen LogP contribution is -2.37. The molecule has 0 bridgehead atoms. The summed E-state index contributed by atoms with van der Waals surface area (Å²) in [6.07, 6.45) is 25.8. The number of aromatic nitrogens is 16. The number of nitrogens with one attached hydrogen (secondary N) is 13. The Morgan fingerprint density at radius 2 is 0.765 bits per heavy atom. The average Bonchev–Trinajstić information content (AvgIpc) is 1.16. The largest absolute Gasteiger partial charge is 0.495 e. The van der Waals surface area contributed by atoms with Crippen molar-refractivity contribution in [2.75, 3.05) is 170 Å². The van der Waals surface area contributed by atoms with E-state index in [2.05, 4.69) is 154 Å². The number of primary amides is 1. The molecular weight excluding hydrogens is 2100 g/mol. The highest BCUT2D eigenvalue weighted by molar-refractivity contribution is 6.35. The van der Waals surface area contributed by atoms with E-state index in [9.17, 15) is 38.4 Å². The molecule has 6 aromatic carbocycles. The number of urea groups is 7. The third-order valence-electron chi connectivity index (χ3n) is 18.8. The van der Waals surface area contributed by atoms with Crippen LogP contribution in [0.15, 0.2) is 233 Å². The fourth-order valence-corrected chi connectivity index (χ4v) is 13.5. The maximum atomic E-state index is 13.1. The van der Waals surface area contributed by atoms with Gasteiger partial charge in [-0.3, -0.25) is 50.9 Å². The van der Waals surface area contributed by atoms with Gasteiger partial charge in [-0.15, -0.1) is 20.4 Å². The van der Waals surface area contributed by atoms with E-state index in [-0.39, 0.29) is 40.7 Å². The Hall–Kier alpha value is -16.8. The number of anilines is 14. The predicted molar refractivity (Wildman–Crippen MR) is 569 cm³/mol. The van der Waals surface area contributed by atoms with Crippen molar-refractivity contribution in [2.45, 2.75) is 19.3 Å². The van der Waals surface area contributed by atoms with Gasteiger partial charge in [0.2, 0.25) is 5.95 Å². The Morgan fingerprint density at radius 1 is 0.349 bits per heavy atom. The van der Waals surface area contributed by atoms with Crippen LogP contribution < -0.4 is 113 Å². The number of rotatable bonds is 29. The van der Waals surface area contributed by atoms with Gasteiger partial charge in [-0.05, 0) is 186 Å². The lowest BCUT2D eigenvalue weighted by molar-refractivity contribution is 0.100. The normalized spacial score (nSPS) is 10.7. The summed E-state index contributed by atoms with van der Waals surface area (Å²) in [6.45, 7) is 4.88. The van der Waals surface area contributed by atoms with Gasteiger partial charge in [0.15, 0.2) is 17.5 Å². The molecule has 778 valence electrons. The molecule has 56 heteroatoms. The molecule has 0 atom stereocenters. The first kappa shape index (κ1) is 116. The second kappa shape index (κ2) is 62.1. The number of likely N-dealkylation sites (N-methyl/N-ethyl adjacent to an activating group) is 1. The highest BCUT2D eigenvalue weighted by atomic mass is 35.5. The number of carbonyl (C=O) groups is 8. The standard InChI is InChI=1S/C20H24Cl2N4O2.C14H13ClN4O3.C13H11Cl2N3O2.C13H17N7O2.3C11H10ClN5O2/c1-28-19-6-5-15(21)13-18(19)26(12-4-11-25-9-2-3-10-25)20(27)24-17-14-23-8-7-16(17)22;1-22-12-3-2-8(15)6-10(12)18-14(21)19-11-7-17-5-4-9(11)13(16)20;1-20-12-3-2-8(14)6-10(12)17-13(19)18-11-7-16-5-4-9(11)15;1-20(2)7-8-22-12-10(3-4-16-19-12)17-13(21)18-11-9-14-5-6-15-11;1-19-9-3-2-7(12)4-8(9)16-11(18)17-10-14-5-13-6-15-10;1-19-9-3-2-7(12)4-8(9)16-11(18)17-10-5-14-15-6-13-10;1-19-9-3-2-7(12)4-8(9)15-11(18)16-10-5-13-6-14-17-10/h5-8,13-14H,2-4,9-12H2,1H3,(H,24,27);2-7H,1H3,(H2,16,20)(H2,18,19,21);2-7H,1H3,(H2,17,18,19);3-6,9H,7-8H2,1-2H3,(H2,15,16,17,18,21);2-6H,1H3,(H2,13,14,15,16,17,18);2-6H,1H3,(H2,13,15,16,17,18);2-6H,1H3,(H2,15,16,17,18). The van der Waals surface area contributed by atoms with Crippen LogP contribution in [0.1, 0.15) is 29.6 Å². The van der Waals surface area contributed by atoms with Gasteiger partial charge in [0.05, 0.1) is 153 Å². The predicted octanol–water partition coefficient (Wildman–Crippen LogP) is 18.8. The maximum absolute atomic E-state index is 13.1. The number of pyridine rings is 3. The molecule has 1 aliphatic rings. The molecule has 0 aliphatic carbocycles. The van der Waals surface area contributed by atoms with E-state index in [4.69, 9.17) is 132 Å². The van der Waals surface area contributed by atoms with Gasteiger partial charge in [-0.2, -0.15) is 10.2 Å². The Balaban J connectivity index is 0.000000194. The Morgan fingerprint density at radius 3 is 1.21 bits per heavy atom. The molecule has 1 aliphatic heterocycles. The number of ether oxygens (including phenoxy) is 7. The van der Waals surface area contributed by atoms with Crippen molar-refractivity contribution in [3.63, 3.8) is 0 Å². The van der Waals surface area contributed by atoms with E-state index < -0.39 is 42.1 Å². The number of likely N-dealkylation sites (tertiary alicyclic amines) is 1. The molecular formula is C93H95Cl8N33O15. The first-order valence-electron chi connectivity index (χ1n) is 43.4. The first-order chi connectivity index (χ1) is 71.9. The molecule has 1 fully saturated rings. The summed E-state index contributed by atoms with van der Waals surface area (Å²) in [6, 6.07) is 32.6. The van der Waals surface area contributed by atoms with Crippen LogP contribution in [0.5, 0.6) is 40.4 Å². The molecule has 15 rings (SSSR count). The van der Waals surface area contributed by atoms with Crippen molar-refractivity contribution in [2.24, 2.45) is 5.73 Å². The topological polar surface area (TPSA) is 600 Å². The number of halogens is 8. The fraction of sp³-hybridized carbons (Fsp3) is 0.183. The van der Waals surface area contributed by atoms with Crippen LogP contribution in [0.3, 0.4) is 0 Å². The Bertz CT molecular complexity index is 6490. The van der Waals surface area contributed by atoms with Crippen LogP contribution >= 0.6 is 92.8 Å². The SMILES string of the molecule is CN(C)CCOc1nnccc1NC(=O)Nc1cnccn1.COc1ccc(Cl)cc1N(CCCN1CCCC1)C(=O)Nc1cnccc1Cl.COc1ccc(Cl)cc1NC(=O)Nc1cnccc1C(N)=O.COc1ccc(Cl)cc1NC(=O)Nc1cnccc1Cl.COc1ccc(Cl)cc1NC(=O)Nc1cncnn1.COc1ccc(Cl)cc1NC(=O)Nc1cnncn1.COc1ccc(Cl)cc1NC(=O)Nc1ncncn1. The van der Waals surface area contributed by atoms with Crippen LogP contribution in [0, 0.1) is 0 Å². The van der Waals surface area contributed by atoms with Crippen LogP contribution in [0.4, 0.5) is 114 Å². The zero-order chi connectivity index (χ0) is 107. The van der Waals surface area contributed by atoms with Crippen LogP contribution in [0.2, 0.25) is 40.2 Å². The summed E-state index contributed by atoms with van der Waals surface area (Å²) in [4.78, 5) is 140. The number of carbonyl (C=O) groups excluding carboxylic acids is 8. The van der Waals surface area contributed by atoms with Crippen molar-refractivity contribution in [1.82, 2.24) is 90.2 Å². The number of amides is 15. The molecule has 8 aromatic heterocycles. The number of methoxy groups -OCH3 is 6. The molecule has 15 amide bonds. The third-order valence-corrected chi connectivity index (χ3v) is 20.9. The van der Waals surface area contributed by atoms with Gasteiger partial charge >= 0.3 is 42.2 Å². The summed E-state index contributed by atoms with van der Waals surface area (Å²) in [5.41, 5.74) is 9.69. The maximum Gasteiger partial charge on any atom is 0.326 e. The second-order valence-corrected chi connectivity index (χ2v) is 32.9. The zero-order valence-corrected chi connectivity index (χ0v) is 86.1. The molecule has 0 radical (unpaired) electrons. The van der Waals surface area contributed by atoms with E-state index in [1.807, 2.05) is 19.0 Å². The summed E-state index contributed by atoms with van der Waals surface area (Å²) in [7, 11) is 12.9. The van der Waals surface area contributed by atoms with Crippen LogP contribution in [0.25, 0.3) is 0 Å². The van der Waals surface area contributed by atoms with E-state index in [0.29, 0.717) is 145 Å². The van der Waals surface area contributed by atoms with E-state index in [1.54, 1.807) is 140 Å². The van der Waals surface area contributed by atoms with E-state index in [1.165, 1.54) is 154 Å². The number of nitrogens with zero attached hydrogens (tertiary/aromatic N) is 19. The summed E-state index contributed by atoms with van der Waals surface area (Å²) >= 11 is 47.6. The first-order valence-corrected chi connectivity index (χ1v) is 46.4. The number of hydrogen-bond donors (Lipinski definition) is 14. The minimum Gasteiger partial charge on any atom is -0.495 e. The summed E-state index contributed by atoms with van der Waals surface area (Å²) in [5.74, 6) is 3.63. The van der Waals surface area contributed by atoms with Crippen molar-refractivity contribution in [3.05, 3.63) is 279 Å². The van der Waals surface area contributed by atoms with Gasteiger partial charge in [0.25, 0.3) is 11.8 Å². The van der Waals surface area contributed by atoms with Gasteiger partial charge in [-0.25, -0.2) is 63.5 Å². The van der Waals surface area contributed by atoms with Gasteiger partial charge < -0.3 is 96.5 Å². The van der Waals surface area contributed by atoms with Crippen molar-refractivity contribution in [1.29, 1.82) is 0 Å². The van der Waals surface area contributed by atoms with Gasteiger partial charge in [0, 0.05) is 74.2 Å². The van der Waals surface area contributed by atoms with Crippen LogP contribution in [-0.2, 0) is 0 Å².